The fourth-order valence-corrected chi connectivity index (χ4v) is 1.90. The monoisotopic (exact) mass is 349 g/mol. The molecule has 0 bridgehead atoms. The van der Waals surface area contributed by atoms with Gasteiger partial charge in [-0.1, -0.05) is 0 Å². The highest BCUT2D eigenvalue weighted by molar-refractivity contribution is 14.1. The smallest absolute Gasteiger partial charge is 0.293 e. The van der Waals surface area contributed by atoms with Crippen molar-refractivity contribution in [2.75, 3.05) is 32.5 Å². The largest absolute Gasteiger partial charge is 0.379 e. The van der Waals surface area contributed by atoms with Crippen LogP contribution >= 0.6 is 22.6 Å². The van der Waals surface area contributed by atoms with Gasteiger partial charge in [-0.2, -0.15) is 0 Å². The molecule has 94 valence electrons. The molecule has 0 fully saturated rings. The van der Waals surface area contributed by atoms with Gasteiger partial charge in [-0.3, -0.25) is 10.1 Å². The second-order valence-electron chi connectivity index (χ2n) is 4.00. The third-order valence-corrected chi connectivity index (χ3v) is 2.93. The van der Waals surface area contributed by atoms with Gasteiger partial charge in [0, 0.05) is 16.2 Å². The number of hydrogen-bond acceptors (Lipinski definition) is 4. The molecular formula is C11H16IN3O2. The lowest BCUT2D eigenvalue weighted by atomic mass is 10.2. The van der Waals surface area contributed by atoms with Crippen LogP contribution in [0.15, 0.2) is 18.2 Å². The van der Waals surface area contributed by atoms with Gasteiger partial charge in [-0.15, -0.1) is 0 Å². The number of nitrogens with zero attached hydrogens (tertiary/aromatic N) is 2. The first-order valence-corrected chi connectivity index (χ1v) is 6.41. The molecular weight excluding hydrogens is 333 g/mol. The molecule has 6 heteroatoms. The standard InChI is InChI=1S/C11H16IN3O2/c1-14(2)7-3-6-13-10-5-4-9(12)8-11(10)15(16)17/h4-5,8,13H,3,6-7H2,1-2H3. The van der Waals surface area contributed by atoms with Crippen molar-refractivity contribution in [3.63, 3.8) is 0 Å². The minimum absolute atomic E-state index is 0.141. The maximum Gasteiger partial charge on any atom is 0.293 e. The van der Waals surface area contributed by atoms with Crippen LogP contribution < -0.4 is 5.32 Å². The zero-order valence-corrected chi connectivity index (χ0v) is 12.1. The molecule has 0 aliphatic heterocycles. The summed E-state index contributed by atoms with van der Waals surface area (Å²) >= 11 is 2.07. The van der Waals surface area contributed by atoms with E-state index in [9.17, 15) is 10.1 Å². The second-order valence-corrected chi connectivity index (χ2v) is 5.25. The molecule has 0 saturated heterocycles. The van der Waals surface area contributed by atoms with Crippen molar-refractivity contribution in [1.29, 1.82) is 0 Å². The first-order chi connectivity index (χ1) is 8.00. The number of benzene rings is 1. The molecule has 0 aliphatic rings. The number of nitrogens with one attached hydrogen (secondary N) is 1. The molecule has 1 rings (SSSR count). The Labute approximate surface area is 114 Å². The van der Waals surface area contributed by atoms with Gasteiger partial charge in [0.15, 0.2) is 0 Å². The van der Waals surface area contributed by atoms with E-state index in [4.69, 9.17) is 0 Å². The van der Waals surface area contributed by atoms with Crippen molar-refractivity contribution in [1.82, 2.24) is 4.90 Å². The number of nitro benzene ring substituents is 1. The summed E-state index contributed by atoms with van der Waals surface area (Å²) < 4.78 is 0.869. The van der Waals surface area contributed by atoms with Gasteiger partial charge in [0.1, 0.15) is 5.69 Å². The van der Waals surface area contributed by atoms with Crippen LogP contribution in [0.1, 0.15) is 6.42 Å². The van der Waals surface area contributed by atoms with E-state index >= 15 is 0 Å². The van der Waals surface area contributed by atoms with Gasteiger partial charge in [0.05, 0.1) is 4.92 Å². The summed E-state index contributed by atoms with van der Waals surface area (Å²) in [7, 11) is 4.01. The molecule has 17 heavy (non-hydrogen) atoms. The molecule has 0 aromatic heterocycles. The molecule has 0 aliphatic carbocycles. The van der Waals surface area contributed by atoms with Crippen molar-refractivity contribution in [2.24, 2.45) is 0 Å². The van der Waals surface area contributed by atoms with Gasteiger partial charge >= 0.3 is 0 Å². The summed E-state index contributed by atoms with van der Waals surface area (Å²) in [4.78, 5) is 12.6. The average Bonchev–Trinajstić information content (AvgIpc) is 2.25. The fourth-order valence-electron chi connectivity index (χ4n) is 1.42. The van der Waals surface area contributed by atoms with E-state index in [1.54, 1.807) is 12.1 Å². The van der Waals surface area contributed by atoms with Crippen molar-refractivity contribution < 1.29 is 4.92 Å². The van der Waals surface area contributed by atoms with Crippen molar-refractivity contribution in [3.8, 4) is 0 Å². The molecule has 1 aromatic carbocycles. The summed E-state index contributed by atoms with van der Waals surface area (Å²) in [5.41, 5.74) is 0.732. The van der Waals surface area contributed by atoms with Crippen molar-refractivity contribution >= 4 is 34.0 Å². The highest BCUT2D eigenvalue weighted by atomic mass is 127. The first kappa shape index (κ1) is 14.2. The van der Waals surface area contributed by atoms with Gasteiger partial charge in [-0.05, 0) is 61.8 Å². The second kappa shape index (κ2) is 6.75. The number of anilines is 1. The highest BCUT2D eigenvalue weighted by Crippen LogP contribution is 2.26. The van der Waals surface area contributed by atoms with E-state index in [-0.39, 0.29) is 10.6 Å². The molecule has 1 aromatic rings. The van der Waals surface area contributed by atoms with Gasteiger partial charge in [-0.25, -0.2) is 0 Å². The summed E-state index contributed by atoms with van der Waals surface area (Å²) in [6.07, 6.45) is 0.955. The van der Waals surface area contributed by atoms with E-state index in [1.807, 2.05) is 20.2 Å². The zero-order chi connectivity index (χ0) is 12.8. The Morgan fingerprint density at radius 3 is 2.76 bits per heavy atom. The fraction of sp³-hybridized carbons (Fsp3) is 0.455. The number of nitro groups is 1. The Morgan fingerprint density at radius 1 is 1.47 bits per heavy atom. The summed E-state index contributed by atoms with van der Waals surface area (Å²) in [5.74, 6) is 0. The van der Waals surface area contributed by atoms with Crippen LogP contribution in [-0.4, -0.2) is 37.0 Å². The lowest BCUT2D eigenvalue weighted by Gasteiger charge is -2.10. The van der Waals surface area contributed by atoms with E-state index < -0.39 is 0 Å². The van der Waals surface area contributed by atoms with Crippen LogP contribution in [-0.2, 0) is 0 Å². The van der Waals surface area contributed by atoms with Crippen LogP contribution in [0.4, 0.5) is 11.4 Å². The van der Waals surface area contributed by atoms with Gasteiger partial charge < -0.3 is 10.2 Å². The third-order valence-electron chi connectivity index (χ3n) is 2.25. The average molecular weight is 349 g/mol. The minimum Gasteiger partial charge on any atom is -0.379 e. The Morgan fingerprint density at radius 2 is 2.18 bits per heavy atom. The molecule has 0 spiro atoms. The topological polar surface area (TPSA) is 58.4 Å². The van der Waals surface area contributed by atoms with Crippen molar-refractivity contribution in [2.45, 2.75) is 6.42 Å². The Hall–Kier alpha value is -0.890. The number of halogens is 1. The van der Waals surface area contributed by atoms with Crippen LogP contribution in [0.3, 0.4) is 0 Å². The maximum absolute atomic E-state index is 10.9. The van der Waals surface area contributed by atoms with Crippen LogP contribution in [0.5, 0.6) is 0 Å². The number of rotatable bonds is 6. The van der Waals surface area contributed by atoms with E-state index in [2.05, 4.69) is 32.8 Å². The molecule has 0 heterocycles. The van der Waals surface area contributed by atoms with E-state index in [0.717, 1.165) is 23.1 Å². The first-order valence-electron chi connectivity index (χ1n) is 5.33. The lowest BCUT2D eigenvalue weighted by molar-refractivity contribution is -0.384. The molecule has 0 saturated carbocycles. The quantitative estimate of drug-likeness (QED) is 0.371. The number of hydrogen-bond donors (Lipinski definition) is 1. The third kappa shape index (κ3) is 4.86. The predicted molar refractivity (Wildman–Crippen MR) is 77.5 cm³/mol. The SMILES string of the molecule is CN(C)CCCNc1ccc(I)cc1[N+](=O)[O-]. The normalized spacial score (nSPS) is 10.6. The lowest BCUT2D eigenvalue weighted by Crippen LogP contribution is -2.16. The van der Waals surface area contributed by atoms with E-state index in [0.29, 0.717) is 5.69 Å². The van der Waals surface area contributed by atoms with Crippen molar-refractivity contribution in [3.05, 3.63) is 31.9 Å². The van der Waals surface area contributed by atoms with Crippen LogP contribution in [0.25, 0.3) is 0 Å². The molecule has 0 amide bonds. The van der Waals surface area contributed by atoms with E-state index in [1.165, 1.54) is 0 Å². The van der Waals surface area contributed by atoms with Gasteiger partial charge in [0.25, 0.3) is 5.69 Å². The Kier molecular flexibility index (Phi) is 5.63. The summed E-state index contributed by atoms with van der Waals surface area (Å²) in [5, 5.41) is 14.0. The van der Waals surface area contributed by atoms with Crippen LogP contribution in [0, 0.1) is 13.7 Å². The summed E-state index contributed by atoms with van der Waals surface area (Å²) in [6.45, 7) is 1.70. The minimum atomic E-state index is -0.351. The molecule has 0 radical (unpaired) electrons. The predicted octanol–water partition coefficient (Wildman–Crippen LogP) is 2.56. The Balaban J connectivity index is 2.61. The Bertz CT molecular complexity index is 396. The summed E-state index contributed by atoms with van der Waals surface area (Å²) in [6, 6.07) is 5.20. The van der Waals surface area contributed by atoms with Crippen LogP contribution in [0.2, 0.25) is 0 Å². The molecule has 1 N–H and O–H groups in total. The molecule has 5 nitrogen and oxygen atoms in total. The highest BCUT2D eigenvalue weighted by Gasteiger charge is 2.13. The zero-order valence-electron chi connectivity index (χ0n) is 9.94. The van der Waals surface area contributed by atoms with Gasteiger partial charge in [0.2, 0.25) is 0 Å². The molecule has 0 atom stereocenters. The maximum atomic E-state index is 10.9. The molecule has 0 unspecified atom stereocenters.